The number of carbonyl (C=O) groups excluding carboxylic acids is 1. The van der Waals surface area contributed by atoms with Crippen LogP contribution in [0.25, 0.3) is 0 Å². The summed E-state index contributed by atoms with van der Waals surface area (Å²) in [5, 5.41) is 13.3. The Bertz CT molecular complexity index is 456. The summed E-state index contributed by atoms with van der Waals surface area (Å²) in [5.74, 6) is 0.0728. The molecule has 0 spiro atoms. The lowest BCUT2D eigenvalue weighted by atomic mass is 10.0. The Morgan fingerprint density at radius 1 is 1.42 bits per heavy atom. The van der Waals surface area contributed by atoms with Gasteiger partial charge < -0.3 is 20.1 Å². The molecule has 0 unspecified atom stereocenters. The van der Waals surface area contributed by atoms with E-state index in [1.807, 2.05) is 0 Å². The molecule has 0 radical (unpaired) electrons. The van der Waals surface area contributed by atoms with E-state index in [-0.39, 0.29) is 17.7 Å². The Morgan fingerprint density at radius 2 is 2.11 bits per heavy atom. The largest absolute Gasteiger partial charge is 0.504 e. The van der Waals surface area contributed by atoms with Gasteiger partial charge in [0, 0.05) is 13.1 Å². The fraction of sp³-hybridized carbons (Fsp3) is 0.500. The van der Waals surface area contributed by atoms with Crippen molar-refractivity contribution in [3.05, 3.63) is 23.8 Å². The van der Waals surface area contributed by atoms with E-state index in [1.54, 1.807) is 30.1 Å². The van der Waals surface area contributed by atoms with Crippen LogP contribution in [0.2, 0.25) is 0 Å². The minimum Gasteiger partial charge on any atom is -0.504 e. The van der Waals surface area contributed by atoms with Gasteiger partial charge in [-0.2, -0.15) is 0 Å². The Hall–Kier alpha value is -1.75. The second-order valence-corrected chi connectivity index (χ2v) is 4.75. The molecule has 1 aromatic rings. The summed E-state index contributed by atoms with van der Waals surface area (Å²) in [7, 11) is 3.26. The molecule has 5 nitrogen and oxygen atoms in total. The van der Waals surface area contributed by atoms with E-state index < -0.39 is 0 Å². The predicted octanol–water partition coefficient (Wildman–Crippen LogP) is 1.22. The summed E-state index contributed by atoms with van der Waals surface area (Å²) >= 11 is 0. The first-order valence-electron chi connectivity index (χ1n) is 6.49. The van der Waals surface area contributed by atoms with Crippen LogP contribution in [0.1, 0.15) is 23.2 Å². The quantitative estimate of drug-likeness (QED) is 0.862. The molecule has 1 aliphatic rings. The van der Waals surface area contributed by atoms with Crippen molar-refractivity contribution in [3.63, 3.8) is 0 Å². The van der Waals surface area contributed by atoms with Crippen LogP contribution in [0.5, 0.6) is 11.5 Å². The van der Waals surface area contributed by atoms with Crippen LogP contribution < -0.4 is 10.1 Å². The van der Waals surface area contributed by atoms with Gasteiger partial charge in [0.05, 0.1) is 12.7 Å². The summed E-state index contributed by atoms with van der Waals surface area (Å²) in [6, 6.07) is 5.19. The molecule has 19 heavy (non-hydrogen) atoms. The SMILES string of the molecule is COc1cccc(C(=O)N(C)C2CCNCC2)c1O. The molecule has 1 amide bonds. The molecule has 1 saturated heterocycles. The summed E-state index contributed by atoms with van der Waals surface area (Å²) < 4.78 is 5.03. The van der Waals surface area contributed by atoms with E-state index >= 15 is 0 Å². The number of carbonyl (C=O) groups is 1. The Kier molecular flexibility index (Phi) is 4.27. The molecule has 0 atom stereocenters. The zero-order valence-corrected chi connectivity index (χ0v) is 11.3. The number of nitrogens with zero attached hydrogens (tertiary/aromatic N) is 1. The Morgan fingerprint density at radius 3 is 2.74 bits per heavy atom. The molecule has 0 aliphatic carbocycles. The van der Waals surface area contributed by atoms with Crippen molar-refractivity contribution >= 4 is 5.91 Å². The van der Waals surface area contributed by atoms with Gasteiger partial charge in [-0.3, -0.25) is 4.79 Å². The van der Waals surface area contributed by atoms with Gasteiger partial charge in [-0.25, -0.2) is 0 Å². The second-order valence-electron chi connectivity index (χ2n) is 4.75. The van der Waals surface area contributed by atoms with Crippen molar-refractivity contribution in [1.82, 2.24) is 10.2 Å². The van der Waals surface area contributed by atoms with Crippen molar-refractivity contribution in [2.45, 2.75) is 18.9 Å². The normalized spacial score (nSPS) is 16.1. The lowest BCUT2D eigenvalue weighted by Crippen LogP contribution is -2.43. The van der Waals surface area contributed by atoms with Gasteiger partial charge in [0.2, 0.25) is 0 Å². The van der Waals surface area contributed by atoms with Crippen LogP contribution in [0.4, 0.5) is 0 Å². The number of methoxy groups -OCH3 is 1. The highest BCUT2D eigenvalue weighted by atomic mass is 16.5. The molecule has 1 heterocycles. The number of phenols is 1. The van der Waals surface area contributed by atoms with E-state index in [9.17, 15) is 9.90 Å². The first-order valence-corrected chi connectivity index (χ1v) is 6.49. The molecule has 1 aliphatic heterocycles. The highest BCUT2D eigenvalue weighted by molar-refractivity contribution is 5.97. The topological polar surface area (TPSA) is 61.8 Å². The summed E-state index contributed by atoms with van der Waals surface area (Å²) in [5.41, 5.74) is 0.292. The number of ether oxygens (including phenoxy) is 1. The van der Waals surface area contributed by atoms with Gasteiger partial charge in [-0.15, -0.1) is 0 Å². The maximum atomic E-state index is 12.4. The molecular formula is C14H20N2O3. The van der Waals surface area contributed by atoms with Crippen molar-refractivity contribution in [3.8, 4) is 11.5 Å². The molecule has 0 saturated carbocycles. The van der Waals surface area contributed by atoms with Gasteiger partial charge in [0.25, 0.3) is 5.91 Å². The number of hydrogen-bond donors (Lipinski definition) is 2. The Balaban J connectivity index is 2.18. The molecule has 1 aromatic carbocycles. The summed E-state index contributed by atoms with van der Waals surface area (Å²) in [4.78, 5) is 14.1. The average Bonchev–Trinajstić information content (AvgIpc) is 2.47. The Labute approximate surface area is 113 Å². The molecule has 1 fully saturated rings. The highest BCUT2D eigenvalue weighted by Gasteiger charge is 2.25. The first kappa shape index (κ1) is 13.7. The van der Waals surface area contributed by atoms with Gasteiger partial charge in [0.15, 0.2) is 11.5 Å². The number of piperidine rings is 1. The molecule has 104 valence electrons. The third-order valence-corrected chi connectivity index (χ3v) is 3.63. The number of rotatable bonds is 3. The number of benzene rings is 1. The molecule has 2 N–H and O–H groups in total. The van der Waals surface area contributed by atoms with E-state index in [0.29, 0.717) is 11.3 Å². The highest BCUT2D eigenvalue weighted by Crippen LogP contribution is 2.30. The number of amides is 1. The monoisotopic (exact) mass is 264 g/mol. The lowest BCUT2D eigenvalue weighted by molar-refractivity contribution is 0.0699. The van der Waals surface area contributed by atoms with E-state index in [0.717, 1.165) is 25.9 Å². The van der Waals surface area contributed by atoms with E-state index in [1.165, 1.54) is 7.11 Å². The average molecular weight is 264 g/mol. The second kappa shape index (κ2) is 5.93. The maximum absolute atomic E-state index is 12.4. The molecular weight excluding hydrogens is 244 g/mol. The van der Waals surface area contributed by atoms with Crippen LogP contribution >= 0.6 is 0 Å². The number of aromatic hydroxyl groups is 1. The van der Waals surface area contributed by atoms with Gasteiger partial charge >= 0.3 is 0 Å². The zero-order chi connectivity index (χ0) is 13.8. The number of nitrogens with one attached hydrogen (secondary N) is 1. The fourth-order valence-electron chi connectivity index (χ4n) is 2.41. The van der Waals surface area contributed by atoms with Crippen molar-refractivity contribution in [2.75, 3.05) is 27.2 Å². The van der Waals surface area contributed by atoms with Crippen LogP contribution in [0.3, 0.4) is 0 Å². The molecule has 0 bridgehead atoms. The van der Waals surface area contributed by atoms with Crippen LogP contribution in [0, 0.1) is 0 Å². The molecule has 5 heteroatoms. The zero-order valence-electron chi connectivity index (χ0n) is 11.3. The fourth-order valence-corrected chi connectivity index (χ4v) is 2.41. The standard InChI is InChI=1S/C14H20N2O3/c1-16(10-6-8-15-9-7-10)14(18)11-4-3-5-12(19-2)13(11)17/h3-5,10,15,17H,6-9H2,1-2H3. The third-order valence-electron chi connectivity index (χ3n) is 3.63. The number of phenolic OH excluding ortho intramolecular Hbond substituents is 1. The smallest absolute Gasteiger partial charge is 0.257 e. The van der Waals surface area contributed by atoms with Gasteiger partial charge in [-0.05, 0) is 38.1 Å². The van der Waals surface area contributed by atoms with Crippen LogP contribution in [-0.2, 0) is 0 Å². The first-order chi connectivity index (χ1) is 9.15. The number of hydrogen-bond acceptors (Lipinski definition) is 4. The third kappa shape index (κ3) is 2.81. The molecule has 2 rings (SSSR count). The minimum absolute atomic E-state index is 0.0872. The minimum atomic E-state index is -0.164. The summed E-state index contributed by atoms with van der Waals surface area (Å²) in [6.07, 6.45) is 1.87. The van der Waals surface area contributed by atoms with Crippen molar-refractivity contribution in [2.24, 2.45) is 0 Å². The van der Waals surface area contributed by atoms with E-state index in [2.05, 4.69) is 5.32 Å². The van der Waals surface area contributed by atoms with Crippen LogP contribution in [-0.4, -0.2) is 49.2 Å². The van der Waals surface area contributed by atoms with Gasteiger partial charge in [0.1, 0.15) is 0 Å². The van der Waals surface area contributed by atoms with Crippen molar-refractivity contribution in [1.29, 1.82) is 0 Å². The maximum Gasteiger partial charge on any atom is 0.257 e. The van der Waals surface area contributed by atoms with Crippen molar-refractivity contribution < 1.29 is 14.6 Å². The lowest BCUT2D eigenvalue weighted by Gasteiger charge is -2.31. The summed E-state index contributed by atoms with van der Waals surface area (Å²) in [6.45, 7) is 1.85. The van der Waals surface area contributed by atoms with E-state index in [4.69, 9.17) is 4.74 Å². The number of para-hydroxylation sites is 1. The predicted molar refractivity (Wildman–Crippen MR) is 72.6 cm³/mol. The molecule has 0 aromatic heterocycles. The van der Waals surface area contributed by atoms with Crippen LogP contribution in [0.15, 0.2) is 18.2 Å². The van der Waals surface area contributed by atoms with Gasteiger partial charge in [-0.1, -0.05) is 6.07 Å².